The van der Waals surface area contributed by atoms with Gasteiger partial charge in [0.2, 0.25) is 5.89 Å². The summed E-state index contributed by atoms with van der Waals surface area (Å²) >= 11 is 0. The van der Waals surface area contributed by atoms with Crippen molar-refractivity contribution in [1.82, 2.24) is 19.7 Å². The molecule has 5 nitrogen and oxygen atoms in total. The van der Waals surface area contributed by atoms with Gasteiger partial charge in [0, 0.05) is 23.8 Å². The highest BCUT2D eigenvalue weighted by atomic mass is 19.1. The lowest BCUT2D eigenvalue weighted by molar-refractivity contribution is 0.371. The van der Waals surface area contributed by atoms with E-state index in [1.165, 1.54) is 18.2 Å². The van der Waals surface area contributed by atoms with Gasteiger partial charge < -0.3 is 9.09 Å². The Labute approximate surface area is 160 Å². The number of nitrogens with zero attached hydrogens (tertiary/aromatic N) is 4. The van der Waals surface area contributed by atoms with Crippen LogP contribution in [0.2, 0.25) is 0 Å². The van der Waals surface area contributed by atoms with Crippen molar-refractivity contribution in [2.75, 3.05) is 0 Å². The summed E-state index contributed by atoms with van der Waals surface area (Å²) < 4.78 is 35.5. The second-order valence-electron chi connectivity index (χ2n) is 7.09. The van der Waals surface area contributed by atoms with Crippen molar-refractivity contribution in [2.45, 2.75) is 38.1 Å². The van der Waals surface area contributed by atoms with E-state index in [0.29, 0.717) is 24.7 Å². The van der Waals surface area contributed by atoms with E-state index in [1.54, 1.807) is 0 Å². The molecule has 5 rings (SSSR count). The molecule has 2 atom stereocenters. The quantitative estimate of drug-likeness (QED) is 0.509. The summed E-state index contributed by atoms with van der Waals surface area (Å²) in [6.07, 6.45) is 1.39. The molecule has 2 unspecified atom stereocenters. The van der Waals surface area contributed by atoms with Crippen LogP contribution in [0.3, 0.4) is 0 Å². The SMILES string of the molecule is CCc1nc2ccccc2n1Cc1noc(C2CC2c2c(F)cccc2F)n1. The summed E-state index contributed by atoms with van der Waals surface area (Å²) in [4.78, 5) is 9.14. The van der Waals surface area contributed by atoms with Gasteiger partial charge in [-0.1, -0.05) is 30.3 Å². The number of aryl methyl sites for hydroxylation is 1. The minimum Gasteiger partial charge on any atom is -0.339 e. The molecular formula is C21H18F2N4O. The van der Waals surface area contributed by atoms with Gasteiger partial charge in [-0.05, 0) is 30.7 Å². The molecule has 142 valence electrons. The third-order valence-corrected chi connectivity index (χ3v) is 5.31. The molecule has 0 radical (unpaired) electrons. The summed E-state index contributed by atoms with van der Waals surface area (Å²) in [5.74, 6) is 0.477. The molecule has 1 fully saturated rings. The molecular weight excluding hydrogens is 362 g/mol. The van der Waals surface area contributed by atoms with Gasteiger partial charge in [0.1, 0.15) is 17.5 Å². The topological polar surface area (TPSA) is 56.7 Å². The Bertz CT molecular complexity index is 1150. The Morgan fingerprint density at radius 1 is 1.04 bits per heavy atom. The van der Waals surface area contributed by atoms with Crippen LogP contribution in [0.5, 0.6) is 0 Å². The molecule has 1 aliphatic rings. The average molecular weight is 380 g/mol. The lowest BCUT2D eigenvalue weighted by Crippen LogP contribution is -2.05. The number of hydrogen-bond acceptors (Lipinski definition) is 4. The Kier molecular flexibility index (Phi) is 3.96. The normalized spacial score (nSPS) is 18.7. The van der Waals surface area contributed by atoms with Gasteiger partial charge in [-0.2, -0.15) is 4.98 Å². The third kappa shape index (κ3) is 2.78. The van der Waals surface area contributed by atoms with Crippen molar-refractivity contribution >= 4 is 11.0 Å². The summed E-state index contributed by atoms with van der Waals surface area (Å²) in [5.41, 5.74) is 2.06. The molecule has 0 N–H and O–H groups in total. The molecule has 1 aliphatic carbocycles. The van der Waals surface area contributed by atoms with Gasteiger partial charge in [0.25, 0.3) is 0 Å². The van der Waals surface area contributed by atoms with Gasteiger partial charge >= 0.3 is 0 Å². The highest BCUT2D eigenvalue weighted by molar-refractivity contribution is 5.76. The standard InChI is InChI=1S/C21H18F2N4O/c1-2-19-24-16-8-3-4-9-17(16)27(19)11-18-25-21(28-26-18)13-10-12(13)20-14(22)6-5-7-15(20)23/h3-9,12-13H,2,10-11H2,1H3. The van der Waals surface area contributed by atoms with E-state index in [4.69, 9.17) is 4.52 Å². The maximum atomic E-state index is 14.0. The number of fused-ring (bicyclic) bond motifs is 1. The summed E-state index contributed by atoms with van der Waals surface area (Å²) in [6.45, 7) is 2.50. The maximum Gasteiger partial charge on any atom is 0.230 e. The van der Waals surface area contributed by atoms with E-state index in [1.807, 2.05) is 24.3 Å². The summed E-state index contributed by atoms with van der Waals surface area (Å²) in [5, 5.41) is 4.09. The molecule has 0 bridgehead atoms. The van der Waals surface area contributed by atoms with Crippen LogP contribution in [0.4, 0.5) is 8.78 Å². The van der Waals surface area contributed by atoms with Crippen molar-refractivity contribution in [3.63, 3.8) is 0 Å². The molecule has 0 aliphatic heterocycles. The molecule has 0 amide bonds. The van der Waals surface area contributed by atoms with Crippen molar-refractivity contribution in [1.29, 1.82) is 0 Å². The number of halogens is 2. The summed E-state index contributed by atoms with van der Waals surface area (Å²) in [7, 11) is 0. The molecule has 7 heteroatoms. The van der Waals surface area contributed by atoms with E-state index < -0.39 is 11.6 Å². The monoisotopic (exact) mass is 380 g/mol. The molecule has 2 heterocycles. The van der Waals surface area contributed by atoms with Crippen LogP contribution in [0.25, 0.3) is 11.0 Å². The Morgan fingerprint density at radius 3 is 2.61 bits per heavy atom. The Morgan fingerprint density at radius 2 is 1.82 bits per heavy atom. The zero-order valence-corrected chi connectivity index (χ0v) is 15.3. The first kappa shape index (κ1) is 17.0. The number of hydrogen-bond donors (Lipinski definition) is 0. The minimum atomic E-state index is -0.523. The Balaban J connectivity index is 1.40. The van der Waals surface area contributed by atoms with Crippen molar-refractivity contribution in [2.24, 2.45) is 0 Å². The number of rotatable bonds is 5. The van der Waals surface area contributed by atoms with Crippen molar-refractivity contribution in [3.05, 3.63) is 77.2 Å². The summed E-state index contributed by atoms with van der Waals surface area (Å²) in [6, 6.07) is 11.9. The molecule has 2 aromatic carbocycles. The van der Waals surface area contributed by atoms with Crippen LogP contribution in [-0.2, 0) is 13.0 Å². The lowest BCUT2D eigenvalue weighted by atomic mass is 10.1. The molecule has 2 aromatic heterocycles. The zero-order chi connectivity index (χ0) is 19.3. The second-order valence-corrected chi connectivity index (χ2v) is 7.09. The van der Waals surface area contributed by atoms with Gasteiger partial charge in [0.05, 0.1) is 17.6 Å². The van der Waals surface area contributed by atoms with Crippen molar-refractivity contribution in [3.8, 4) is 0 Å². The van der Waals surface area contributed by atoms with E-state index in [-0.39, 0.29) is 17.4 Å². The van der Waals surface area contributed by atoms with Gasteiger partial charge in [-0.3, -0.25) is 0 Å². The highest BCUT2D eigenvalue weighted by Crippen LogP contribution is 2.55. The fourth-order valence-electron chi connectivity index (χ4n) is 3.85. The van der Waals surface area contributed by atoms with E-state index >= 15 is 0 Å². The Hall–Kier alpha value is -3.09. The van der Waals surface area contributed by atoms with Crippen LogP contribution in [0.15, 0.2) is 47.0 Å². The fraction of sp³-hybridized carbons (Fsp3) is 0.286. The van der Waals surface area contributed by atoms with Crippen LogP contribution in [0, 0.1) is 11.6 Å². The van der Waals surface area contributed by atoms with Gasteiger partial charge in [-0.25, -0.2) is 13.8 Å². The first-order valence-corrected chi connectivity index (χ1v) is 9.36. The van der Waals surface area contributed by atoms with Crippen LogP contribution in [-0.4, -0.2) is 19.7 Å². The lowest BCUT2D eigenvalue weighted by Gasteiger charge is -2.04. The largest absolute Gasteiger partial charge is 0.339 e. The van der Waals surface area contributed by atoms with Crippen LogP contribution in [0.1, 0.15) is 48.3 Å². The number of benzene rings is 2. The predicted molar refractivity (Wildman–Crippen MR) is 99.0 cm³/mol. The molecule has 0 saturated heterocycles. The van der Waals surface area contributed by atoms with Crippen LogP contribution < -0.4 is 0 Å². The molecule has 1 saturated carbocycles. The van der Waals surface area contributed by atoms with Crippen LogP contribution >= 0.6 is 0 Å². The average Bonchev–Trinajstić information content (AvgIpc) is 3.18. The molecule has 0 spiro atoms. The minimum absolute atomic E-state index is 0.112. The van der Waals surface area contributed by atoms with Crippen molar-refractivity contribution < 1.29 is 13.3 Å². The van der Waals surface area contributed by atoms with E-state index in [0.717, 1.165) is 23.3 Å². The first-order chi connectivity index (χ1) is 13.7. The smallest absolute Gasteiger partial charge is 0.230 e. The highest BCUT2D eigenvalue weighted by Gasteiger charge is 2.46. The maximum absolute atomic E-state index is 14.0. The zero-order valence-electron chi connectivity index (χ0n) is 15.3. The number of aromatic nitrogens is 4. The fourth-order valence-corrected chi connectivity index (χ4v) is 3.85. The van der Waals surface area contributed by atoms with Gasteiger partial charge in [0.15, 0.2) is 5.82 Å². The second kappa shape index (κ2) is 6.51. The predicted octanol–water partition coefficient (Wildman–Crippen LogP) is 4.58. The number of para-hydroxylation sites is 2. The van der Waals surface area contributed by atoms with Gasteiger partial charge in [-0.15, -0.1) is 0 Å². The van der Waals surface area contributed by atoms with E-state index in [2.05, 4.69) is 26.6 Å². The first-order valence-electron chi connectivity index (χ1n) is 9.36. The van der Waals surface area contributed by atoms with E-state index in [9.17, 15) is 8.78 Å². The number of imidazole rings is 1. The molecule has 4 aromatic rings. The third-order valence-electron chi connectivity index (χ3n) is 5.31. The molecule has 28 heavy (non-hydrogen) atoms.